The summed E-state index contributed by atoms with van der Waals surface area (Å²) in [6.07, 6.45) is 0. The van der Waals surface area contributed by atoms with Gasteiger partial charge in [0.1, 0.15) is 18.2 Å². The third kappa shape index (κ3) is 4.02. The van der Waals surface area contributed by atoms with E-state index in [1.54, 1.807) is 7.11 Å². The molecule has 1 aliphatic rings. The Kier molecular flexibility index (Phi) is 6.32. The molecule has 1 aliphatic heterocycles. The minimum atomic E-state index is 0. The summed E-state index contributed by atoms with van der Waals surface area (Å²) in [5.41, 5.74) is 4.77. The minimum absolute atomic E-state index is 0. The third-order valence-electron chi connectivity index (χ3n) is 4.87. The Hall–Kier alpha value is -2.85. The number of amidine groups is 1. The number of rotatable bonds is 6. The van der Waals surface area contributed by atoms with E-state index in [1.165, 1.54) is 22.1 Å². The Morgan fingerprint density at radius 3 is 2.57 bits per heavy atom. The molecule has 146 valence electrons. The zero-order chi connectivity index (χ0) is 18.6. The fourth-order valence-electron chi connectivity index (χ4n) is 3.46. The van der Waals surface area contributed by atoms with Crippen LogP contribution in [-0.4, -0.2) is 39.2 Å². The Morgan fingerprint density at radius 1 is 0.964 bits per heavy atom. The molecule has 0 saturated heterocycles. The third-order valence-corrected chi connectivity index (χ3v) is 4.87. The quantitative estimate of drug-likeness (QED) is 0.627. The number of aryl methyl sites for hydroxylation is 1. The van der Waals surface area contributed by atoms with E-state index in [1.807, 2.05) is 0 Å². The van der Waals surface area contributed by atoms with Crippen LogP contribution < -0.4 is 10.1 Å². The Balaban J connectivity index is 0.00000225. The number of aliphatic imine (C=N–C) groups is 1. The summed E-state index contributed by atoms with van der Waals surface area (Å²) in [6.45, 7) is 4.89. The van der Waals surface area contributed by atoms with Crippen molar-refractivity contribution in [2.45, 2.75) is 14.4 Å². The molecule has 0 aromatic heterocycles. The van der Waals surface area contributed by atoms with Crippen molar-refractivity contribution >= 4 is 16.6 Å². The number of hydrogen-bond donors (Lipinski definition) is 1. The van der Waals surface area contributed by atoms with Gasteiger partial charge in [0.2, 0.25) is 0 Å². The molecule has 4 rings (SSSR count). The van der Waals surface area contributed by atoms with Crippen molar-refractivity contribution < 1.29 is 9.47 Å². The van der Waals surface area contributed by atoms with Crippen molar-refractivity contribution in [2.24, 2.45) is 4.99 Å². The zero-order valence-electron chi connectivity index (χ0n) is 15.8. The van der Waals surface area contributed by atoms with Gasteiger partial charge in [0.15, 0.2) is 0 Å². The Labute approximate surface area is 167 Å². The summed E-state index contributed by atoms with van der Waals surface area (Å²) in [5, 5.41) is 5.70. The number of benzene rings is 3. The highest BCUT2D eigenvalue weighted by atomic mass is 16.5. The molecule has 0 radical (unpaired) electrons. The number of ether oxygens (including phenoxy) is 2. The molecule has 0 unspecified atom stereocenters. The van der Waals surface area contributed by atoms with Crippen molar-refractivity contribution in [3.63, 3.8) is 0 Å². The van der Waals surface area contributed by atoms with E-state index in [2.05, 4.69) is 71.8 Å². The second kappa shape index (κ2) is 8.89. The average Bonchev–Trinajstić information content (AvgIpc) is 3.22. The SMILES string of the molecule is C.COCCOc1cc2ccc(-c3ccccc3C)cc2cc1C1=NCCN1. The summed E-state index contributed by atoms with van der Waals surface area (Å²) in [6, 6.07) is 19.3. The second-order valence-corrected chi connectivity index (χ2v) is 6.72. The lowest BCUT2D eigenvalue weighted by Gasteiger charge is -2.14. The molecule has 28 heavy (non-hydrogen) atoms. The van der Waals surface area contributed by atoms with Crippen LogP contribution in [0.3, 0.4) is 0 Å². The second-order valence-electron chi connectivity index (χ2n) is 6.72. The van der Waals surface area contributed by atoms with Gasteiger partial charge in [-0.2, -0.15) is 0 Å². The van der Waals surface area contributed by atoms with Crippen molar-refractivity contribution in [1.29, 1.82) is 0 Å². The van der Waals surface area contributed by atoms with Crippen molar-refractivity contribution in [2.75, 3.05) is 33.4 Å². The van der Waals surface area contributed by atoms with Gasteiger partial charge in [0.05, 0.1) is 18.7 Å². The van der Waals surface area contributed by atoms with Crippen LogP contribution in [0, 0.1) is 6.92 Å². The van der Waals surface area contributed by atoms with E-state index in [4.69, 9.17) is 9.47 Å². The molecule has 3 aromatic carbocycles. The largest absolute Gasteiger partial charge is 0.490 e. The molecule has 0 saturated carbocycles. The first-order valence-electron chi connectivity index (χ1n) is 9.30. The van der Waals surface area contributed by atoms with E-state index >= 15 is 0 Å². The van der Waals surface area contributed by atoms with Crippen LogP contribution in [0.4, 0.5) is 0 Å². The van der Waals surface area contributed by atoms with Gasteiger partial charge in [-0.1, -0.05) is 43.8 Å². The molecule has 0 atom stereocenters. The van der Waals surface area contributed by atoms with Gasteiger partial charge in [-0.3, -0.25) is 4.99 Å². The van der Waals surface area contributed by atoms with Gasteiger partial charge < -0.3 is 14.8 Å². The van der Waals surface area contributed by atoms with Crippen LogP contribution in [-0.2, 0) is 4.74 Å². The number of methoxy groups -OCH3 is 1. The molecule has 0 fully saturated rings. The number of hydrogen-bond acceptors (Lipinski definition) is 4. The predicted octanol–water partition coefficient (Wildman–Crippen LogP) is 4.83. The van der Waals surface area contributed by atoms with Gasteiger partial charge >= 0.3 is 0 Å². The molecule has 0 spiro atoms. The Bertz CT molecular complexity index is 995. The molecule has 4 nitrogen and oxygen atoms in total. The highest BCUT2D eigenvalue weighted by Gasteiger charge is 2.15. The summed E-state index contributed by atoms with van der Waals surface area (Å²) in [5.74, 6) is 1.75. The van der Waals surface area contributed by atoms with Crippen molar-refractivity contribution in [3.05, 3.63) is 65.7 Å². The van der Waals surface area contributed by atoms with E-state index in [9.17, 15) is 0 Å². The Morgan fingerprint density at radius 2 is 1.82 bits per heavy atom. The smallest absolute Gasteiger partial charge is 0.132 e. The maximum atomic E-state index is 5.99. The minimum Gasteiger partial charge on any atom is -0.490 e. The van der Waals surface area contributed by atoms with Crippen LogP contribution in [0.15, 0.2) is 59.6 Å². The lowest BCUT2D eigenvalue weighted by molar-refractivity contribution is 0.146. The molecule has 3 aromatic rings. The van der Waals surface area contributed by atoms with Crippen LogP contribution in [0.5, 0.6) is 5.75 Å². The van der Waals surface area contributed by atoms with Crippen LogP contribution in [0.2, 0.25) is 0 Å². The van der Waals surface area contributed by atoms with Crippen LogP contribution >= 0.6 is 0 Å². The van der Waals surface area contributed by atoms with E-state index < -0.39 is 0 Å². The average molecular weight is 377 g/mol. The number of nitrogens with zero attached hydrogens (tertiary/aromatic N) is 1. The summed E-state index contributed by atoms with van der Waals surface area (Å²) in [7, 11) is 1.68. The predicted molar refractivity (Wildman–Crippen MR) is 118 cm³/mol. The van der Waals surface area contributed by atoms with Crippen molar-refractivity contribution in [1.82, 2.24) is 5.32 Å². The summed E-state index contributed by atoms with van der Waals surface area (Å²) in [4.78, 5) is 4.59. The molecule has 0 aliphatic carbocycles. The maximum Gasteiger partial charge on any atom is 0.132 e. The van der Waals surface area contributed by atoms with Gasteiger partial charge in [-0.05, 0) is 52.6 Å². The number of nitrogens with one attached hydrogen (secondary N) is 1. The topological polar surface area (TPSA) is 42.9 Å². The van der Waals surface area contributed by atoms with Crippen LogP contribution in [0.25, 0.3) is 21.9 Å². The van der Waals surface area contributed by atoms with Gasteiger partial charge in [0.25, 0.3) is 0 Å². The first-order valence-corrected chi connectivity index (χ1v) is 9.30. The van der Waals surface area contributed by atoms with E-state index in [-0.39, 0.29) is 7.43 Å². The summed E-state index contributed by atoms with van der Waals surface area (Å²) >= 11 is 0. The highest BCUT2D eigenvalue weighted by molar-refractivity contribution is 6.06. The fourth-order valence-corrected chi connectivity index (χ4v) is 3.46. The number of fused-ring (bicyclic) bond motifs is 1. The normalized spacial score (nSPS) is 13.0. The molecular formula is C24H28N2O2. The lowest BCUT2D eigenvalue weighted by Crippen LogP contribution is -2.20. The molecule has 4 heteroatoms. The monoisotopic (exact) mass is 376 g/mol. The molecule has 0 bridgehead atoms. The molecular weight excluding hydrogens is 348 g/mol. The molecule has 1 N–H and O–H groups in total. The standard InChI is InChI=1S/C23H24N2O2.CH4/c1-16-5-3-4-6-20(16)18-8-7-17-15-22(27-12-11-26-2)21(14-19(17)13-18)23-24-9-10-25-23;/h3-8,13-15H,9-12H2,1-2H3,(H,24,25);1H4. The van der Waals surface area contributed by atoms with Crippen molar-refractivity contribution in [3.8, 4) is 16.9 Å². The zero-order valence-corrected chi connectivity index (χ0v) is 15.8. The highest BCUT2D eigenvalue weighted by Crippen LogP contribution is 2.31. The summed E-state index contributed by atoms with van der Waals surface area (Å²) < 4.78 is 11.1. The maximum absolute atomic E-state index is 5.99. The molecule has 1 heterocycles. The van der Waals surface area contributed by atoms with Crippen LogP contribution in [0.1, 0.15) is 18.6 Å². The van der Waals surface area contributed by atoms with E-state index in [0.29, 0.717) is 13.2 Å². The first kappa shape index (κ1) is 19.9. The fraction of sp³-hybridized carbons (Fsp3) is 0.292. The van der Waals surface area contributed by atoms with E-state index in [0.717, 1.165) is 35.6 Å². The van der Waals surface area contributed by atoms with Gasteiger partial charge in [-0.15, -0.1) is 0 Å². The molecule has 0 amide bonds. The first-order chi connectivity index (χ1) is 13.3. The lowest BCUT2D eigenvalue weighted by atomic mass is 9.96. The van der Waals surface area contributed by atoms with Gasteiger partial charge in [0, 0.05) is 13.7 Å². The van der Waals surface area contributed by atoms with Gasteiger partial charge in [-0.25, -0.2) is 0 Å².